The van der Waals surface area contributed by atoms with Gasteiger partial charge in [-0.1, -0.05) is 0 Å². The van der Waals surface area contributed by atoms with E-state index >= 15 is 0 Å². The number of primary amides is 1. The number of alkyl halides is 1. The van der Waals surface area contributed by atoms with Gasteiger partial charge in [-0.05, 0) is 6.92 Å². The third-order valence-electron chi connectivity index (χ3n) is 1.26. The molecule has 14 heavy (non-hydrogen) atoms. The molecule has 0 aromatic heterocycles. The van der Waals surface area contributed by atoms with Crippen LogP contribution < -0.4 is 16.4 Å². The van der Waals surface area contributed by atoms with Gasteiger partial charge in [0.25, 0.3) is 0 Å². The molecule has 0 fully saturated rings. The fourth-order valence-electron chi connectivity index (χ4n) is 0.773. The van der Waals surface area contributed by atoms with Crippen LogP contribution in [0.3, 0.4) is 0 Å². The first-order chi connectivity index (χ1) is 6.45. The summed E-state index contributed by atoms with van der Waals surface area (Å²) in [5.74, 6) is -1.42. The maximum Gasteiger partial charge on any atom is 0.321 e. The molecule has 0 heterocycles. The lowest BCUT2D eigenvalue weighted by atomic mass is 10.2. The van der Waals surface area contributed by atoms with Crippen LogP contribution in [0.4, 0.5) is 4.79 Å². The van der Waals surface area contributed by atoms with E-state index in [1.165, 1.54) is 0 Å². The molecule has 0 saturated carbocycles. The third-order valence-corrected chi connectivity index (χ3v) is 1.50. The SMILES string of the molecule is CC(CC(N)=O)NC(=O)NC(=O)CCl. The Hall–Kier alpha value is -1.30. The molecule has 4 N–H and O–H groups in total. The molecule has 0 saturated heterocycles. The Bertz CT molecular complexity index is 244. The van der Waals surface area contributed by atoms with Crippen molar-refractivity contribution in [2.75, 3.05) is 5.88 Å². The number of urea groups is 1. The maximum absolute atomic E-state index is 11.0. The molecular weight excluding hydrogens is 210 g/mol. The van der Waals surface area contributed by atoms with Crippen molar-refractivity contribution < 1.29 is 14.4 Å². The predicted molar refractivity (Wildman–Crippen MR) is 50.7 cm³/mol. The van der Waals surface area contributed by atoms with Crippen LogP contribution in [0.5, 0.6) is 0 Å². The summed E-state index contributed by atoms with van der Waals surface area (Å²) in [6.45, 7) is 1.59. The molecule has 7 heteroatoms. The molecule has 0 aromatic rings. The van der Waals surface area contributed by atoms with Gasteiger partial charge in [0.2, 0.25) is 11.8 Å². The number of nitrogens with two attached hydrogens (primary N) is 1. The van der Waals surface area contributed by atoms with E-state index in [1.54, 1.807) is 6.92 Å². The Balaban J connectivity index is 3.82. The number of rotatable bonds is 4. The van der Waals surface area contributed by atoms with E-state index in [1.807, 2.05) is 5.32 Å². The average molecular weight is 222 g/mol. The Labute approximate surface area is 86.2 Å². The molecule has 0 aliphatic carbocycles. The second-order valence-corrected chi connectivity index (χ2v) is 2.99. The first kappa shape index (κ1) is 12.7. The highest BCUT2D eigenvalue weighted by molar-refractivity contribution is 6.28. The molecule has 0 spiro atoms. The van der Waals surface area contributed by atoms with Crippen LogP contribution in [0.2, 0.25) is 0 Å². The standard InChI is InChI=1S/C7H12ClN3O3/c1-4(2-5(9)12)10-7(14)11-6(13)3-8/h4H,2-3H2,1H3,(H2,9,12)(H2,10,11,13,14). The monoisotopic (exact) mass is 221 g/mol. The van der Waals surface area contributed by atoms with Crippen LogP contribution in [0.1, 0.15) is 13.3 Å². The molecule has 80 valence electrons. The van der Waals surface area contributed by atoms with Crippen LogP contribution in [-0.4, -0.2) is 29.8 Å². The third kappa shape index (κ3) is 6.24. The van der Waals surface area contributed by atoms with Gasteiger partial charge in [-0.3, -0.25) is 14.9 Å². The summed E-state index contributed by atoms with van der Waals surface area (Å²) >= 11 is 5.15. The molecule has 0 aromatic carbocycles. The summed E-state index contributed by atoms with van der Waals surface area (Å²) in [4.78, 5) is 32.0. The second kappa shape index (κ2) is 6.20. The number of carbonyl (C=O) groups excluding carboxylic acids is 3. The fraction of sp³-hybridized carbons (Fsp3) is 0.571. The molecular formula is C7H12ClN3O3. The van der Waals surface area contributed by atoms with Crippen molar-refractivity contribution in [3.05, 3.63) is 0 Å². The normalized spacial score (nSPS) is 11.6. The van der Waals surface area contributed by atoms with E-state index in [2.05, 4.69) is 5.32 Å². The van der Waals surface area contributed by atoms with E-state index in [0.29, 0.717) is 0 Å². The zero-order chi connectivity index (χ0) is 11.1. The molecule has 0 rings (SSSR count). The van der Waals surface area contributed by atoms with Gasteiger partial charge in [0.15, 0.2) is 0 Å². The van der Waals surface area contributed by atoms with Gasteiger partial charge < -0.3 is 11.1 Å². The minimum atomic E-state index is -0.690. The van der Waals surface area contributed by atoms with E-state index in [-0.39, 0.29) is 12.3 Å². The van der Waals surface area contributed by atoms with E-state index < -0.39 is 23.9 Å². The van der Waals surface area contributed by atoms with Gasteiger partial charge in [0.05, 0.1) is 0 Å². The van der Waals surface area contributed by atoms with Gasteiger partial charge >= 0.3 is 6.03 Å². The largest absolute Gasteiger partial charge is 0.370 e. The van der Waals surface area contributed by atoms with Crippen LogP contribution in [0.25, 0.3) is 0 Å². The first-order valence-corrected chi connectivity index (χ1v) is 4.43. The number of hydrogen-bond acceptors (Lipinski definition) is 3. The predicted octanol–water partition coefficient (Wildman–Crippen LogP) is -0.685. The van der Waals surface area contributed by atoms with Crippen molar-refractivity contribution in [2.45, 2.75) is 19.4 Å². The van der Waals surface area contributed by atoms with Crippen LogP contribution in [-0.2, 0) is 9.59 Å². The first-order valence-electron chi connectivity index (χ1n) is 3.90. The highest BCUT2D eigenvalue weighted by Crippen LogP contribution is 1.88. The molecule has 6 nitrogen and oxygen atoms in total. The summed E-state index contributed by atoms with van der Waals surface area (Å²) in [5, 5.41) is 4.31. The summed E-state index contributed by atoms with van der Waals surface area (Å²) in [7, 11) is 0. The summed E-state index contributed by atoms with van der Waals surface area (Å²) in [6.07, 6.45) is 0.0164. The van der Waals surface area contributed by atoms with Crippen LogP contribution >= 0.6 is 11.6 Å². The number of carbonyl (C=O) groups is 3. The van der Waals surface area contributed by atoms with Crippen molar-refractivity contribution in [2.24, 2.45) is 5.73 Å². The van der Waals surface area contributed by atoms with E-state index in [4.69, 9.17) is 17.3 Å². The van der Waals surface area contributed by atoms with Crippen LogP contribution in [0, 0.1) is 0 Å². The molecule has 0 aliphatic rings. The zero-order valence-electron chi connectivity index (χ0n) is 7.67. The zero-order valence-corrected chi connectivity index (χ0v) is 8.43. The number of hydrogen-bond donors (Lipinski definition) is 3. The molecule has 1 unspecified atom stereocenters. The van der Waals surface area contributed by atoms with Crippen molar-refractivity contribution in [1.29, 1.82) is 0 Å². The molecule has 4 amide bonds. The van der Waals surface area contributed by atoms with E-state index in [9.17, 15) is 14.4 Å². The molecule has 0 bridgehead atoms. The second-order valence-electron chi connectivity index (χ2n) is 2.73. The lowest BCUT2D eigenvalue weighted by Gasteiger charge is -2.11. The lowest BCUT2D eigenvalue weighted by Crippen LogP contribution is -2.45. The quantitative estimate of drug-likeness (QED) is 0.548. The molecule has 1 atom stereocenters. The van der Waals surface area contributed by atoms with Crippen LogP contribution in [0.15, 0.2) is 0 Å². The number of halogens is 1. The van der Waals surface area contributed by atoms with Crippen molar-refractivity contribution >= 4 is 29.4 Å². The van der Waals surface area contributed by atoms with E-state index in [0.717, 1.165) is 0 Å². The van der Waals surface area contributed by atoms with Gasteiger partial charge in [0, 0.05) is 12.5 Å². The number of nitrogens with one attached hydrogen (secondary N) is 2. The average Bonchev–Trinajstić information content (AvgIpc) is 2.01. The van der Waals surface area contributed by atoms with Gasteiger partial charge in [0.1, 0.15) is 5.88 Å². The Kier molecular flexibility index (Phi) is 5.62. The highest BCUT2D eigenvalue weighted by atomic mass is 35.5. The Morgan fingerprint density at radius 3 is 2.43 bits per heavy atom. The lowest BCUT2D eigenvalue weighted by molar-refractivity contribution is -0.118. The molecule has 0 aliphatic heterocycles. The van der Waals surface area contributed by atoms with Gasteiger partial charge in [-0.2, -0.15) is 0 Å². The van der Waals surface area contributed by atoms with Crippen molar-refractivity contribution in [1.82, 2.24) is 10.6 Å². The van der Waals surface area contributed by atoms with Crippen molar-refractivity contribution in [3.8, 4) is 0 Å². The fourth-order valence-corrected chi connectivity index (χ4v) is 0.840. The minimum absolute atomic E-state index is 0.0164. The van der Waals surface area contributed by atoms with Crippen molar-refractivity contribution in [3.63, 3.8) is 0 Å². The smallest absolute Gasteiger partial charge is 0.321 e. The van der Waals surface area contributed by atoms with Gasteiger partial charge in [-0.15, -0.1) is 11.6 Å². The highest BCUT2D eigenvalue weighted by Gasteiger charge is 2.11. The molecule has 0 radical (unpaired) electrons. The Morgan fingerprint density at radius 2 is 2.00 bits per heavy atom. The summed E-state index contributed by atoms with van der Waals surface area (Å²) in [6, 6.07) is -1.11. The van der Waals surface area contributed by atoms with Gasteiger partial charge in [-0.25, -0.2) is 4.79 Å². The minimum Gasteiger partial charge on any atom is -0.370 e. The number of amides is 4. The summed E-state index contributed by atoms with van der Waals surface area (Å²) in [5.41, 5.74) is 4.90. The Morgan fingerprint density at radius 1 is 1.43 bits per heavy atom. The summed E-state index contributed by atoms with van der Waals surface area (Å²) < 4.78 is 0. The maximum atomic E-state index is 11.0. The number of imide groups is 1. The topological polar surface area (TPSA) is 101 Å².